The van der Waals surface area contributed by atoms with E-state index >= 15 is 0 Å². The van der Waals surface area contributed by atoms with Gasteiger partial charge in [-0.2, -0.15) is 0 Å². The molecular formula is C16H28N2O2. The van der Waals surface area contributed by atoms with Gasteiger partial charge < -0.3 is 10.2 Å². The number of nitrogens with one attached hydrogen (secondary N) is 1. The van der Waals surface area contributed by atoms with Crippen LogP contribution in [-0.2, 0) is 9.59 Å². The average molecular weight is 280 g/mol. The van der Waals surface area contributed by atoms with Gasteiger partial charge in [-0.05, 0) is 31.6 Å². The van der Waals surface area contributed by atoms with E-state index in [-0.39, 0.29) is 35.9 Å². The second-order valence-electron chi connectivity index (χ2n) is 6.83. The Labute approximate surface area is 122 Å². The molecule has 2 fully saturated rings. The second kappa shape index (κ2) is 6.15. The Bertz CT molecular complexity index is 381. The molecule has 1 aliphatic heterocycles. The van der Waals surface area contributed by atoms with E-state index in [1.165, 1.54) is 19.3 Å². The predicted molar refractivity (Wildman–Crippen MR) is 79.1 cm³/mol. The van der Waals surface area contributed by atoms with E-state index in [4.69, 9.17) is 0 Å². The van der Waals surface area contributed by atoms with E-state index in [1.54, 1.807) is 0 Å². The molecule has 2 rings (SSSR count). The van der Waals surface area contributed by atoms with E-state index in [9.17, 15) is 9.59 Å². The van der Waals surface area contributed by atoms with Gasteiger partial charge in [-0.1, -0.05) is 40.0 Å². The summed E-state index contributed by atoms with van der Waals surface area (Å²) in [6.07, 6.45) is 5.86. The summed E-state index contributed by atoms with van der Waals surface area (Å²) >= 11 is 0. The van der Waals surface area contributed by atoms with Gasteiger partial charge >= 0.3 is 0 Å². The van der Waals surface area contributed by atoms with Crippen molar-refractivity contribution in [3.05, 3.63) is 0 Å². The summed E-state index contributed by atoms with van der Waals surface area (Å²) in [6, 6.07) is -0.454. The lowest BCUT2D eigenvalue weighted by atomic mass is 9.90. The molecule has 2 aliphatic rings. The van der Waals surface area contributed by atoms with Crippen LogP contribution in [0.4, 0.5) is 0 Å². The van der Waals surface area contributed by atoms with Crippen molar-refractivity contribution < 1.29 is 9.59 Å². The van der Waals surface area contributed by atoms with Crippen LogP contribution < -0.4 is 5.32 Å². The van der Waals surface area contributed by atoms with Crippen LogP contribution in [0.5, 0.6) is 0 Å². The van der Waals surface area contributed by atoms with Gasteiger partial charge in [0.1, 0.15) is 12.1 Å². The molecule has 0 spiro atoms. The lowest BCUT2D eigenvalue weighted by Crippen LogP contribution is -2.66. The number of piperazine rings is 1. The van der Waals surface area contributed by atoms with Gasteiger partial charge in [0, 0.05) is 6.04 Å². The lowest BCUT2D eigenvalue weighted by Gasteiger charge is -2.45. The minimum absolute atomic E-state index is 0.000234. The molecule has 4 heteroatoms. The molecule has 20 heavy (non-hydrogen) atoms. The minimum Gasteiger partial charge on any atom is -0.342 e. The van der Waals surface area contributed by atoms with Crippen LogP contribution in [0.3, 0.4) is 0 Å². The summed E-state index contributed by atoms with van der Waals surface area (Å²) in [5, 5.41) is 2.88. The van der Waals surface area contributed by atoms with Crippen LogP contribution in [0, 0.1) is 11.8 Å². The van der Waals surface area contributed by atoms with Gasteiger partial charge in [-0.25, -0.2) is 0 Å². The number of hydrogen-bond acceptors (Lipinski definition) is 2. The van der Waals surface area contributed by atoms with Crippen molar-refractivity contribution in [2.45, 2.75) is 77.9 Å². The molecule has 1 saturated carbocycles. The maximum Gasteiger partial charge on any atom is 0.246 e. The summed E-state index contributed by atoms with van der Waals surface area (Å²) < 4.78 is 0. The highest BCUT2D eigenvalue weighted by Gasteiger charge is 2.43. The first kappa shape index (κ1) is 15.3. The first-order valence-corrected chi connectivity index (χ1v) is 8.06. The Morgan fingerprint density at radius 3 is 2.40 bits per heavy atom. The summed E-state index contributed by atoms with van der Waals surface area (Å²) in [5.74, 6) is 0.746. The summed E-state index contributed by atoms with van der Waals surface area (Å²) in [4.78, 5) is 26.9. The maximum atomic E-state index is 12.8. The number of carbonyl (C=O) groups excluding carboxylic acids is 2. The zero-order chi connectivity index (χ0) is 14.9. The Morgan fingerprint density at radius 2 is 1.75 bits per heavy atom. The van der Waals surface area contributed by atoms with Crippen molar-refractivity contribution in [2.24, 2.45) is 11.8 Å². The van der Waals surface area contributed by atoms with E-state index in [0.717, 1.165) is 12.8 Å². The molecule has 0 aromatic rings. The molecule has 4 atom stereocenters. The molecule has 4 unspecified atom stereocenters. The van der Waals surface area contributed by atoms with Crippen LogP contribution in [0.15, 0.2) is 0 Å². The maximum absolute atomic E-state index is 12.8. The van der Waals surface area contributed by atoms with Gasteiger partial charge in [0.05, 0.1) is 0 Å². The van der Waals surface area contributed by atoms with Gasteiger partial charge in [0.15, 0.2) is 0 Å². The highest BCUT2D eigenvalue weighted by Crippen LogP contribution is 2.30. The van der Waals surface area contributed by atoms with Crippen molar-refractivity contribution in [3.8, 4) is 0 Å². The van der Waals surface area contributed by atoms with Crippen LogP contribution >= 0.6 is 0 Å². The summed E-state index contributed by atoms with van der Waals surface area (Å²) in [7, 11) is 0. The SMILES string of the molecule is CC(C)C1NC(=O)C(C)N(C2CCCCCC2C)C1=O. The van der Waals surface area contributed by atoms with Gasteiger partial charge in [-0.15, -0.1) is 0 Å². The fourth-order valence-corrected chi connectivity index (χ4v) is 3.60. The van der Waals surface area contributed by atoms with Crippen LogP contribution in [-0.4, -0.2) is 34.8 Å². The number of nitrogens with zero attached hydrogens (tertiary/aromatic N) is 1. The standard InChI is InChI=1S/C16H28N2O2/c1-10(2)14-16(20)18(12(4)15(19)17-14)13-9-7-5-6-8-11(13)3/h10-14H,5-9H2,1-4H3,(H,17,19). The number of amides is 2. The molecule has 0 bridgehead atoms. The fraction of sp³-hybridized carbons (Fsp3) is 0.875. The van der Waals surface area contributed by atoms with Crippen molar-refractivity contribution >= 4 is 11.8 Å². The third-order valence-electron chi connectivity index (χ3n) is 4.96. The van der Waals surface area contributed by atoms with Crippen molar-refractivity contribution in [1.29, 1.82) is 0 Å². The molecule has 0 aromatic heterocycles. The van der Waals surface area contributed by atoms with E-state index < -0.39 is 0 Å². The third kappa shape index (κ3) is 2.84. The Kier molecular flexibility index (Phi) is 4.71. The Hall–Kier alpha value is -1.06. The quantitative estimate of drug-likeness (QED) is 0.789. The van der Waals surface area contributed by atoms with Gasteiger partial charge in [0.25, 0.3) is 0 Å². The molecule has 2 amide bonds. The molecular weight excluding hydrogens is 252 g/mol. The molecule has 1 saturated heterocycles. The van der Waals surface area contributed by atoms with E-state index in [2.05, 4.69) is 12.2 Å². The zero-order valence-corrected chi connectivity index (χ0v) is 13.2. The highest BCUT2D eigenvalue weighted by atomic mass is 16.2. The zero-order valence-electron chi connectivity index (χ0n) is 13.2. The molecule has 1 N–H and O–H groups in total. The van der Waals surface area contributed by atoms with Crippen molar-refractivity contribution in [1.82, 2.24) is 10.2 Å². The molecule has 0 aromatic carbocycles. The summed E-state index contributed by atoms with van der Waals surface area (Å²) in [6.45, 7) is 8.08. The van der Waals surface area contributed by atoms with Crippen molar-refractivity contribution in [2.75, 3.05) is 0 Å². The van der Waals surface area contributed by atoms with E-state index in [1.807, 2.05) is 25.7 Å². The Balaban J connectivity index is 2.25. The summed E-state index contributed by atoms with van der Waals surface area (Å²) in [5.41, 5.74) is 0. The normalized spacial score (nSPS) is 36.0. The minimum atomic E-state index is -0.353. The Morgan fingerprint density at radius 1 is 1.10 bits per heavy atom. The second-order valence-corrected chi connectivity index (χ2v) is 6.83. The molecule has 0 radical (unpaired) electrons. The first-order valence-electron chi connectivity index (χ1n) is 8.06. The molecule has 114 valence electrons. The third-order valence-corrected chi connectivity index (χ3v) is 4.96. The van der Waals surface area contributed by atoms with Gasteiger partial charge in [-0.3, -0.25) is 9.59 Å². The van der Waals surface area contributed by atoms with Crippen LogP contribution in [0.1, 0.15) is 59.8 Å². The van der Waals surface area contributed by atoms with E-state index in [0.29, 0.717) is 5.92 Å². The predicted octanol–water partition coefficient (Wildman–Crippen LogP) is 2.33. The lowest BCUT2D eigenvalue weighted by molar-refractivity contribution is -0.154. The fourth-order valence-electron chi connectivity index (χ4n) is 3.60. The van der Waals surface area contributed by atoms with Crippen LogP contribution in [0.2, 0.25) is 0 Å². The number of hydrogen-bond donors (Lipinski definition) is 1. The smallest absolute Gasteiger partial charge is 0.246 e. The average Bonchev–Trinajstić information content (AvgIpc) is 2.59. The topological polar surface area (TPSA) is 49.4 Å². The van der Waals surface area contributed by atoms with Crippen LogP contribution in [0.25, 0.3) is 0 Å². The molecule has 1 aliphatic carbocycles. The monoisotopic (exact) mass is 280 g/mol. The highest BCUT2D eigenvalue weighted by molar-refractivity contribution is 5.97. The largest absolute Gasteiger partial charge is 0.342 e. The molecule has 4 nitrogen and oxygen atoms in total. The first-order chi connectivity index (χ1) is 9.43. The molecule has 1 heterocycles. The van der Waals surface area contributed by atoms with Gasteiger partial charge in [0.2, 0.25) is 11.8 Å². The van der Waals surface area contributed by atoms with Crippen molar-refractivity contribution in [3.63, 3.8) is 0 Å². The number of rotatable bonds is 2. The number of carbonyl (C=O) groups is 2.